The molecule has 0 saturated carbocycles. The number of hydrogen-bond donors (Lipinski definition) is 0. The second-order valence-electron chi connectivity index (χ2n) is 6.34. The lowest BCUT2D eigenvalue weighted by atomic mass is 10.0. The second-order valence-corrected chi connectivity index (χ2v) is 7.57. The SMILES string of the molecule is Cc1cccc(C(=O)N2CCCC2C(=O)N2CCSCC2)c1C. The maximum Gasteiger partial charge on any atom is 0.254 e. The lowest BCUT2D eigenvalue weighted by Gasteiger charge is -2.32. The van der Waals surface area contributed by atoms with Crippen LogP contribution in [0.25, 0.3) is 0 Å². The van der Waals surface area contributed by atoms with Crippen LogP contribution in [0.15, 0.2) is 18.2 Å². The van der Waals surface area contributed by atoms with Gasteiger partial charge in [0.25, 0.3) is 5.91 Å². The van der Waals surface area contributed by atoms with E-state index in [1.54, 1.807) is 4.90 Å². The fourth-order valence-electron chi connectivity index (χ4n) is 3.40. The number of thioether (sulfide) groups is 1. The molecule has 2 aliphatic heterocycles. The van der Waals surface area contributed by atoms with Crippen LogP contribution in [0, 0.1) is 13.8 Å². The van der Waals surface area contributed by atoms with Crippen molar-refractivity contribution in [3.05, 3.63) is 34.9 Å². The predicted molar refractivity (Wildman–Crippen MR) is 93.9 cm³/mol. The van der Waals surface area contributed by atoms with Gasteiger partial charge in [-0.25, -0.2) is 0 Å². The zero-order chi connectivity index (χ0) is 16.4. The Kier molecular flexibility index (Phi) is 4.95. The highest BCUT2D eigenvalue weighted by molar-refractivity contribution is 7.99. The Morgan fingerprint density at radius 3 is 2.61 bits per heavy atom. The van der Waals surface area contributed by atoms with Gasteiger partial charge in [0.2, 0.25) is 5.91 Å². The third kappa shape index (κ3) is 3.25. The first-order chi connectivity index (χ1) is 11.1. The van der Waals surface area contributed by atoms with Gasteiger partial charge in [0, 0.05) is 36.7 Å². The number of likely N-dealkylation sites (tertiary alicyclic amines) is 1. The highest BCUT2D eigenvalue weighted by Gasteiger charge is 2.37. The fraction of sp³-hybridized carbons (Fsp3) is 0.556. The quantitative estimate of drug-likeness (QED) is 0.835. The van der Waals surface area contributed by atoms with Crippen molar-refractivity contribution < 1.29 is 9.59 Å². The summed E-state index contributed by atoms with van der Waals surface area (Å²) < 4.78 is 0. The first-order valence-electron chi connectivity index (χ1n) is 8.33. The molecule has 2 amide bonds. The molecule has 1 aromatic rings. The van der Waals surface area contributed by atoms with E-state index in [0.717, 1.165) is 54.1 Å². The van der Waals surface area contributed by atoms with Gasteiger partial charge in [-0.15, -0.1) is 0 Å². The van der Waals surface area contributed by atoms with Crippen LogP contribution in [0.4, 0.5) is 0 Å². The molecule has 2 fully saturated rings. The molecular formula is C18H24N2O2S. The van der Waals surface area contributed by atoms with Gasteiger partial charge in [0.1, 0.15) is 6.04 Å². The smallest absolute Gasteiger partial charge is 0.254 e. The standard InChI is InChI=1S/C18H24N2O2S/c1-13-5-3-6-15(14(13)2)17(21)20-8-4-7-16(20)18(22)19-9-11-23-12-10-19/h3,5-6,16H,4,7-12H2,1-2H3. The van der Waals surface area contributed by atoms with Crippen molar-refractivity contribution in [3.63, 3.8) is 0 Å². The van der Waals surface area contributed by atoms with Gasteiger partial charge < -0.3 is 9.80 Å². The zero-order valence-electron chi connectivity index (χ0n) is 13.9. The van der Waals surface area contributed by atoms with Crippen molar-refractivity contribution in [3.8, 4) is 0 Å². The normalized spacial score (nSPS) is 21.6. The zero-order valence-corrected chi connectivity index (χ0v) is 14.7. The maximum absolute atomic E-state index is 13.0. The highest BCUT2D eigenvalue weighted by atomic mass is 32.2. The van der Waals surface area contributed by atoms with Crippen LogP contribution in [0.2, 0.25) is 0 Å². The minimum atomic E-state index is -0.273. The summed E-state index contributed by atoms with van der Waals surface area (Å²) in [5.74, 6) is 2.15. The van der Waals surface area contributed by atoms with E-state index in [9.17, 15) is 9.59 Å². The molecule has 124 valence electrons. The summed E-state index contributed by atoms with van der Waals surface area (Å²) in [5, 5.41) is 0. The summed E-state index contributed by atoms with van der Waals surface area (Å²) in [6.45, 7) is 6.31. The number of carbonyl (C=O) groups excluding carboxylic acids is 2. The first kappa shape index (κ1) is 16.4. The van der Waals surface area contributed by atoms with Gasteiger partial charge in [0.15, 0.2) is 0 Å². The number of benzene rings is 1. The van der Waals surface area contributed by atoms with E-state index in [1.165, 1.54) is 0 Å². The molecule has 0 radical (unpaired) electrons. The third-order valence-corrected chi connectivity index (χ3v) is 5.90. The molecule has 0 N–H and O–H groups in total. The summed E-state index contributed by atoms with van der Waals surface area (Å²) in [5.41, 5.74) is 2.87. The number of amides is 2. The molecule has 0 spiro atoms. The summed E-state index contributed by atoms with van der Waals surface area (Å²) >= 11 is 1.89. The Morgan fingerprint density at radius 1 is 1.13 bits per heavy atom. The molecule has 0 aliphatic carbocycles. The maximum atomic E-state index is 13.0. The van der Waals surface area contributed by atoms with Crippen molar-refractivity contribution in [1.82, 2.24) is 9.80 Å². The van der Waals surface area contributed by atoms with E-state index in [0.29, 0.717) is 6.54 Å². The van der Waals surface area contributed by atoms with E-state index in [2.05, 4.69) is 0 Å². The monoisotopic (exact) mass is 332 g/mol. The average Bonchev–Trinajstić information content (AvgIpc) is 3.06. The Hall–Kier alpha value is -1.49. The number of hydrogen-bond acceptors (Lipinski definition) is 3. The van der Waals surface area contributed by atoms with Crippen LogP contribution >= 0.6 is 11.8 Å². The molecule has 0 bridgehead atoms. The van der Waals surface area contributed by atoms with E-state index >= 15 is 0 Å². The molecule has 23 heavy (non-hydrogen) atoms. The molecule has 4 nitrogen and oxygen atoms in total. The van der Waals surface area contributed by atoms with E-state index < -0.39 is 0 Å². The minimum Gasteiger partial charge on any atom is -0.339 e. The largest absolute Gasteiger partial charge is 0.339 e. The number of carbonyl (C=O) groups is 2. The van der Waals surface area contributed by atoms with Crippen LogP contribution in [0.5, 0.6) is 0 Å². The summed E-state index contributed by atoms with van der Waals surface area (Å²) in [7, 11) is 0. The Balaban J connectivity index is 1.79. The number of rotatable bonds is 2. The van der Waals surface area contributed by atoms with Crippen molar-refractivity contribution in [1.29, 1.82) is 0 Å². The summed E-state index contributed by atoms with van der Waals surface area (Å²) in [6, 6.07) is 5.54. The van der Waals surface area contributed by atoms with Crippen molar-refractivity contribution in [2.24, 2.45) is 0 Å². The molecule has 2 saturated heterocycles. The molecule has 3 rings (SSSR count). The van der Waals surface area contributed by atoms with Crippen LogP contribution in [-0.2, 0) is 4.79 Å². The minimum absolute atomic E-state index is 0.00781. The number of nitrogens with zero attached hydrogens (tertiary/aromatic N) is 2. The molecule has 1 atom stereocenters. The average molecular weight is 332 g/mol. The molecule has 2 heterocycles. The van der Waals surface area contributed by atoms with Crippen molar-refractivity contribution >= 4 is 23.6 Å². The van der Waals surface area contributed by atoms with Gasteiger partial charge in [-0.3, -0.25) is 9.59 Å². The molecule has 0 aromatic heterocycles. The Labute approximate surface area is 142 Å². The molecule has 5 heteroatoms. The van der Waals surface area contributed by atoms with Gasteiger partial charge in [-0.05, 0) is 43.9 Å². The van der Waals surface area contributed by atoms with Gasteiger partial charge in [-0.2, -0.15) is 11.8 Å². The fourth-order valence-corrected chi connectivity index (χ4v) is 4.30. The topological polar surface area (TPSA) is 40.6 Å². The Bertz CT molecular complexity index is 611. The lowest BCUT2D eigenvalue weighted by molar-refractivity contribution is -0.134. The lowest BCUT2D eigenvalue weighted by Crippen LogP contribution is -2.50. The predicted octanol–water partition coefficient (Wildman–Crippen LogP) is 2.48. The van der Waals surface area contributed by atoms with Crippen LogP contribution in [0.3, 0.4) is 0 Å². The highest BCUT2D eigenvalue weighted by Crippen LogP contribution is 2.25. The van der Waals surface area contributed by atoms with Crippen LogP contribution in [0.1, 0.15) is 34.3 Å². The molecule has 1 aromatic carbocycles. The Morgan fingerprint density at radius 2 is 1.87 bits per heavy atom. The summed E-state index contributed by atoms with van der Waals surface area (Å²) in [6.07, 6.45) is 1.70. The van der Waals surface area contributed by atoms with E-state index in [1.807, 2.05) is 48.7 Å². The molecular weight excluding hydrogens is 308 g/mol. The van der Waals surface area contributed by atoms with E-state index in [4.69, 9.17) is 0 Å². The van der Waals surface area contributed by atoms with Gasteiger partial charge in [-0.1, -0.05) is 12.1 Å². The van der Waals surface area contributed by atoms with E-state index in [-0.39, 0.29) is 17.9 Å². The van der Waals surface area contributed by atoms with Crippen molar-refractivity contribution in [2.45, 2.75) is 32.7 Å². The van der Waals surface area contributed by atoms with Crippen LogP contribution < -0.4 is 0 Å². The molecule has 1 unspecified atom stereocenters. The number of aryl methyl sites for hydroxylation is 1. The summed E-state index contributed by atoms with van der Waals surface area (Å²) in [4.78, 5) is 29.5. The van der Waals surface area contributed by atoms with Gasteiger partial charge >= 0.3 is 0 Å². The van der Waals surface area contributed by atoms with Crippen LogP contribution in [-0.4, -0.2) is 58.8 Å². The molecule has 2 aliphatic rings. The van der Waals surface area contributed by atoms with Crippen molar-refractivity contribution in [2.75, 3.05) is 31.1 Å². The second kappa shape index (κ2) is 6.95. The van der Waals surface area contributed by atoms with Gasteiger partial charge in [0.05, 0.1) is 0 Å². The first-order valence-corrected chi connectivity index (χ1v) is 9.49. The third-order valence-electron chi connectivity index (χ3n) is 4.96.